The molecule has 60 valence electrons. The summed E-state index contributed by atoms with van der Waals surface area (Å²) in [7, 11) is 1.62. The van der Waals surface area contributed by atoms with Gasteiger partial charge in [-0.25, -0.2) is 0 Å². The third kappa shape index (κ3) is 4.53. The second-order valence-electron chi connectivity index (χ2n) is 2.26. The van der Waals surface area contributed by atoms with Crippen molar-refractivity contribution in [3.63, 3.8) is 0 Å². The Labute approximate surface area is 62.5 Å². The molecular formula is C8H16O2. The van der Waals surface area contributed by atoms with E-state index >= 15 is 0 Å². The molecule has 0 aromatic carbocycles. The highest BCUT2D eigenvalue weighted by atomic mass is 16.5. The number of aliphatic hydroxyl groups excluding tert-OH is 1. The summed E-state index contributed by atoms with van der Waals surface area (Å²) in [6.45, 7) is 3.72. The van der Waals surface area contributed by atoms with Crippen LogP contribution in [-0.4, -0.2) is 24.9 Å². The van der Waals surface area contributed by atoms with E-state index in [4.69, 9.17) is 9.84 Å². The molecule has 0 bridgehead atoms. The Hall–Kier alpha value is -0.340. The zero-order valence-corrected chi connectivity index (χ0v) is 6.55. The maximum Gasteiger partial charge on any atom is 0.0802 e. The van der Waals surface area contributed by atoms with Gasteiger partial charge < -0.3 is 9.84 Å². The van der Waals surface area contributed by atoms with Gasteiger partial charge in [0.2, 0.25) is 0 Å². The number of rotatable bonds is 6. The molecule has 2 heteroatoms. The van der Waals surface area contributed by atoms with Gasteiger partial charge in [0.15, 0.2) is 0 Å². The minimum Gasteiger partial charge on any atom is -0.394 e. The highest BCUT2D eigenvalue weighted by molar-refractivity contribution is 4.67. The monoisotopic (exact) mass is 144 g/mol. The number of hydrogen-bond donors (Lipinski definition) is 1. The molecule has 1 atom stereocenters. The first-order valence-electron chi connectivity index (χ1n) is 3.59. The lowest BCUT2D eigenvalue weighted by atomic mass is 10.1. The van der Waals surface area contributed by atoms with Crippen molar-refractivity contribution in [1.82, 2.24) is 0 Å². The van der Waals surface area contributed by atoms with Crippen LogP contribution in [0.25, 0.3) is 0 Å². The highest BCUT2D eigenvalue weighted by Crippen LogP contribution is 2.03. The van der Waals surface area contributed by atoms with Gasteiger partial charge >= 0.3 is 0 Å². The van der Waals surface area contributed by atoms with E-state index in [1.807, 2.05) is 6.08 Å². The maximum absolute atomic E-state index is 8.67. The summed E-state index contributed by atoms with van der Waals surface area (Å²) >= 11 is 0. The van der Waals surface area contributed by atoms with Crippen molar-refractivity contribution in [3.8, 4) is 0 Å². The van der Waals surface area contributed by atoms with Crippen LogP contribution < -0.4 is 0 Å². The predicted octanol–water partition coefficient (Wildman–Crippen LogP) is 1.35. The van der Waals surface area contributed by atoms with Gasteiger partial charge in [0.25, 0.3) is 0 Å². The molecule has 0 radical (unpaired) electrons. The minimum absolute atomic E-state index is 0.0138. The number of methoxy groups -OCH3 is 1. The van der Waals surface area contributed by atoms with Crippen molar-refractivity contribution >= 4 is 0 Å². The molecule has 0 aromatic heterocycles. The SMILES string of the molecule is C=CCCCC(CO)OC. The first-order chi connectivity index (χ1) is 4.85. The Morgan fingerprint density at radius 3 is 2.80 bits per heavy atom. The first kappa shape index (κ1) is 9.66. The van der Waals surface area contributed by atoms with Crippen LogP contribution in [0.4, 0.5) is 0 Å². The van der Waals surface area contributed by atoms with Gasteiger partial charge in [-0.15, -0.1) is 6.58 Å². The lowest BCUT2D eigenvalue weighted by Crippen LogP contribution is -2.14. The second-order valence-corrected chi connectivity index (χ2v) is 2.26. The molecule has 0 saturated carbocycles. The Bertz CT molecular complexity index is 77.3. The zero-order valence-electron chi connectivity index (χ0n) is 6.55. The molecule has 0 amide bonds. The summed E-state index contributed by atoms with van der Waals surface area (Å²) in [5, 5.41) is 8.67. The Kier molecular flexibility index (Phi) is 6.55. The van der Waals surface area contributed by atoms with Crippen molar-refractivity contribution in [2.75, 3.05) is 13.7 Å². The van der Waals surface area contributed by atoms with E-state index in [1.165, 1.54) is 0 Å². The van der Waals surface area contributed by atoms with Crippen molar-refractivity contribution in [1.29, 1.82) is 0 Å². The quantitative estimate of drug-likeness (QED) is 0.450. The predicted molar refractivity (Wildman–Crippen MR) is 41.9 cm³/mol. The number of ether oxygens (including phenoxy) is 1. The van der Waals surface area contributed by atoms with Crippen molar-refractivity contribution in [2.24, 2.45) is 0 Å². The Balaban J connectivity index is 3.16. The summed E-state index contributed by atoms with van der Waals surface area (Å²) in [5.74, 6) is 0. The standard InChI is InChI=1S/C8H16O2/c1-3-4-5-6-8(7-9)10-2/h3,8-9H,1,4-7H2,2H3. The largest absolute Gasteiger partial charge is 0.394 e. The lowest BCUT2D eigenvalue weighted by molar-refractivity contribution is 0.0421. The maximum atomic E-state index is 8.67. The van der Waals surface area contributed by atoms with Gasteiger partial charge in [-0.2, -0.15) is 0 Å². The fourth-order valence-corrected chi connectivity index (χ4v) is 0.774. The van der Waals surface area contributed by atoms with E-state index < -0.39 is 0 Å². The van der Waals surface area contributed by atoms with Crippen LogP contribution in [-0.2, 0) is 4.74 Å². The molecule has 0 aromatic rings. The van der Waals surface area contributed by atoms with Gasteiger partial charge in [0.05, 0.1) is 12.7 Å². The van der Waals surface area contributed by atoms with Gasteiger partial charge in [-0.1, -0.05) is 6.08 Å². The van der Waals surface area contributed by atoms with Crippen LogP contribution in [0, 0.1) is 0 Å². The van der Waals surface area contributed by atoms with E-state index in [2.05, 4.69) is 6.58 Å². The number of hydrogen-bond acceptors (Lipinski definition) is 2. The lowest BCUT2D eigenvalue weighted by Gasteiger charge is -2.10. The summed E-state index contributed by atoms with van der Waals surface area (Å²) in [6.07, 6.45) is 4.85. The van der Waals surface area contributed by atoms with Crippen molar-refractivity contribution in [3.05, 3.63) is 12.7 Å². The normalized spacial score (nSPS) is 13.0. The summed E-state index contributed by atoms with van der Waals surface area (Å²) in [5.41, 5.74) is 0. The molecule has 1 unspecified atom stereocenters. The average molecular weight is 144 g/mol. The van der Waals surface area contributed by atoms with Gasteiger partial charge in [0, 0.05) is 7.11 Å². The Morgan fingerprint density at radius 2 is 2.40 bits per heavy atom. The molecule has 0 fully saturated rings. The number of unbranched alkanes of at least 4 members (excludes halogenated alkanes) is 1. The van der Waals surface area contributed by atoms with Crippen LogP contribution in [0.1, 0.15) is 19.3 Å². The molecule has 1 N–H and O–H groups in total. The van der Waals surface area contributed by atoms with Crippen molar-refractivity contribution < 1.29 is 9.84 Å². The summed E-state index contributed by atoms with van der Waals surface area (Å²) < 4.78 is 4.96. The van der Waals surface area contributed by atoms with E-state index in [1.54, 1.807) is 7.11 Å². The van der Waals surface area contributed by atoms with Crippen LogP contribution in [0.3, 0.4) is 0 Å². The highest BCUT2D eigenvalue weighted by Gasteiger charge is 2.02. The molecule has 0 rings (SSSR count). The molecule has 2 nitrogen and oxygen atoms in total. The third-order valence-corrected chi connectivity index (χ3v) is 1.47. The minimum atomic E-state index is 0.0138. The molecule has 10 heavy (non-hydrogen) atoms. The van der Waals surface area contributed by atoms with E-state index in [-0.39, 0.29) is 12.7 Å². The first-order valence-corrected chi connectivity index (χ1v) is 3.59. The molecule has 0 aliphatic heterocycles. The molecular weight excluding hydrogens is 128 g/mol. The topological polar surface area (TPSA) is 29.5 Å². The second kappa shape index (κ2) is 6.78. The van der Waals surface area contributed by atoms with Gasteiger partial charge in [-0.05, 0) is 19.3 Å². The molecule has 0 aliphatic carbocycles. The summed E-state index contributed by atoms with van der Waals surface area (Å²) in [4.78, 5) is 0. The van der Waals surface area contributed by atoms with Gasteiger partial charge in [0.1, 0.15) is 0 Å². The summed E-state index contributed by atoms with van der Waals surface area (Å²) in [6, 6.07) is 0. The van der Waals surface area contributed by atoms with Crippen LogP contribution in [0.5, 0.6) is 0 Å². The van der Waals surface area contributed by atoms with Crippen molar-refractivity contribution in [2.45, 2.75) is 25.4 Å². The number of aliphatic hydroxyl groups is 1. The van der Waals surface area contributed by atoms with Crippen LogP contribution in [0.2, 0.25) is 0 Å². The number of allylic oxidation sites excluding steroid dienone is 1. The van der Waals surface area contributed by atoms with Crippen LogP contribution >= 0.6 is 0 Å². The Morgan fingerprint density at radius 1 is 1.70 bits per heavy atom. The molecule has 0 saturated heterocycles. The third-order valence-electron chi connectivity index (χ3n) is 1.47. The van der Waals surface area contributed by atoms with Crippen LogP contribution in [0.15, 0.2) is 12.7 Å². The molecule has 0 heterocycles. The van der Waals surface area contributed by atoms with Gasteiger partial charge in [-0.3, -0.25) is 0 Å². The molecule has 0 aliphatic rings. The fraction of sp³-hybridized carbons (Fsp3) is 0.750. The molecule has 0 spiro atoms. The van der Waals surface area contributed by atoms with E-state index in [9.17, 15) is 0 Å². The van der Waals surface area contributed by atoms with E-state index in [0.29, 0.717) is 0 Å². The zero-order chi connectivity index (χ0) is 7.82. The average Bonchev–Trinajstić information content (AvgIpc) is 1.99. The van der Waals surface area contributed by atoms with E-state index in [0.717, 1.165) is 19.3 Å². The smallest absolute Gasteiger partial charge is 0.0802 e. The fourth-order valence-electron chi connectivity index (χ4n) is 0.774.